The van der Waals surface area contributed by atoms with Gasteiger partial charge in [0, 0.05) is 29.9 Å². The largest absolute Gasteiger partial charge is 0.376 e. The van der Waals surface area contributed by atoms with Gasteiger partial charge in [0.1, 0.15) is 0 Å². The number of anilines is 1. The molecular formula is C22H27BrN2OS. The Kier molecular flexibility index (Phi) is 7.27. The van der Waals surface area contributed by atoms with E-state index in [0.29, 0.717) is 5.92 Å². The van der Waals surface area contributed by atoms with Crippen LogP contribution < -0.4 is 5.32 Å². The summed E-state index contributed by atoms with van der Waals surface area (Å²) in [6.45, 7) is 6.88. The van der Waals surface area contributed by atoms with Crippen molar-refractivity contribution in [3.63, 3.8) is 0 Å². The maximum absolute atomic E-state index is 5.85. The number of benzene rings is 2. The minimum absolute atomic E-state index is 0.254. The highest BCUT2D eigenvalue weighted by Gasteiger charge is 2.21. The van der Waals surface area contributed by atoms with Crippen molar-refractivity contribution in [2.24, 2.45) is 0 Å². The van der Waals surface area contributed by atoms with Crippen LogP contribution in [0.2, 0.25) is 0 Å². The molecule has 0 aromatic heterocycles. The second-order valence-electron chi connectivity index (χ2n) is 7.35. The highest BCUT2D eigenvalue weighted by molar-refractivity contribution is 9.10. The summed E-state index contributed by atoms with van der Waals surface area (Å²) in [5.74, 6) is 0.544. The summed E-state index contributed by atoms with van der Waals surface area (Å²) in [4.78, 5) is 2.22. The molecule has 3 rings (SSSR count). The smallest absolute Gasteiger partial charge is 0.173 e. The fourth-order valence-electron chi connectivity index (χ4n) is 3.22. The molecule has 0 spiro atoms. The molecule has 1 aliphatic heterocycles. The molecule has 1 fully saturated rings. The number of halogens is 1. The Bertz CT molecular complexity index is 740. The van der Waals surface area contributed by atoms with Crippen LogP contribution in [0.1, 0.15) is 43.7 Å². The minimum atomic E-state index is 0.254. The Labute approximate surface area is 176 Å². The van der Waals surface area contributed by atoms with E-state index in [2.05, 4.69) is 64.3 Å². The van der Waals surface area contributed by atoms with Gasteiger partial charge >= 0.3 is 0 Å². The maximum Gasteiger partial charge on any atom is 0.173 e. The summed E-state index contributed by atoms with van der Waals surface area (Å²) >= 11 is 9.21. The Hall–Kier alpha value is -1.43. The fourth-order valence-corrected chi connectivity index (χ4v) is 3.74. The number of hydrogen-bond donors (Lipinski definition) is 1. The van der Waals surface area contributed by atoms with Gasteiger partial charge in [-0.1, -0.05) is 54.0 Å². The number of rotatable bonds is 6. The topological polar surface area (TPSA) is 24.5 Å². The average molecular weight is 447 g/mol. The molecule has 27 heavy (non-hydrogen) atoms. The molecule has 2 aromatic rings. The fraction of sp³-hybridized carbons (Fsp3) is 0.409. The predicted molar refractivity (Wildman–Crippen MR) is 120 cm³/mol. The molecule has 1 heterocycles. The second-order valence-corrected chi connectivity index (χ2v) is 8.65. The Morgan fingerprint density at radius 1 is 1.19 bits per heavy atom. The van der Waals surface area contributed by atoms with Crippen LogP contribution in [-0.4, -0.2) is 29.3 Å². The second kappa shape index (κ2) is 9.67. The van der Waals surface area contributed by atoms with Gasteiger partial charge in [-0.05, 0) is 66.4 Å². The van der Waals surface area contributed by atoms with Crippen LogP contribution in [0, 0.1) is 0 Å². The van der Waals surface area contributed by atoms with Gasteiger partial charge in [-0.15, -0.1) is 0 Å². The first kappa shape index (κ1) is 20.3. The molecule has 0 aliphatic carbocycles. The molecule has 1 unspecified atom stereocenters. The van der Waals surface area contributed by atoms with Crippen LogP contribution in [0.5, 0.6) is 0 Å². The van der Waals surface area contributed by atoms with Crippen LogP contribution in [0.4, 0.5) is 5.69 Å². The Morgan fingerprint density at radius 3 is 2.48 bits per heavy atom. The zero-order valence-electron chi connectivity index (χ0n) is 16.0. The molecule has 1 saturated heterocycles. The van der Waals surface area contributed by atoms with Crippen molar-refractivity contribution in [3.8, 4) is 0 Å². The summed E-state index contributed by atoms with van der Waals surface area (Å²) in [5, 5.41) is 4.11. The van der Waals surface area contributed by atoms with Crippen molar-refractivity contribution in [1.82, 2.24) is 4.90 Å². The van der Waals surface area contributed by atoms with Gasteiger partial charge in [0.15, 0.2) is 5.11 Å². The van der Waals surface area contributed by atoms with Gasteiger partial charge in [0.25, 0.3) is 0 Å². The lowest BCUT2D eigenvalue weighted by Crippen LogP contribution is -2.39. The lowest BCUT2D eigenvalue weighted by molar-refractivity contribution is 0.0905. The molecule has 144 valence electrons. The molecule has 0 bridgehead atoms. The summed E-state index contributed by atoms with van der Waals surface area (Å²) in [6.07, 6.45) is 2.49. The molecule has 5 heteroatoms. The van der Waals surface area contributed by atoms with Gasteiger partial charge in [0.2, 0.25) is 0 Å². The van der Waals surface area contributed by atoms with Crippen molar-refractivity contribution < 1.29 is 4.74 Å². The van der Waals surface area contributed by atoms with Crippen LogP contribution in [0.25, 0.3) is 0 Å². The summed E-state index contributed by atoms with van der Waals surface area (Å²) in [5.41, 5.74) is 3.62. The Morgan fingerprint density at radius 2 is 1.89 bits per heavy atom. The summed E-state index contributed by atoms with van der Waals surface area (Å²) in [7, 11) is 0. The number of nitrogens with zero attached hydrogens (tertiary/aromatic N) is 1. The molecule has 1 N–H and O–H groups in total. The van der Waals surface area contributed by atoms with Crippen molar-refractivity contribution in [2.75, 3.05) is 18.5 Å². The van der Waals surface area contributed by atoms with Crippen LogP contribution in [0.3, 0.4) is 0 Å². The van der Waals surface area contributed by atoms with Gasteiger partial charge in [-0.3, -0.25) is 0 Å². The molecule has 0 saturated carbocycles. The molecule has 0 radical (unpaired) electrons. The number of thiocarbonyl (C=S) groups is 1. The monoisotopic (exact) mass is 446 g/mol. The minimum Gasteiger partial charge on any atom is -0.376 e. The Balaban J connectivity index is 1.70. The van der Waals surface area contributed by atoms with Crippen LogP contribution in [0.15, 0.2) is 53.0 Å². The van der Waals surface area contributed by atoms with Crippen molar-refractivity contribution in [3.05, 3.63) is 64.1 Å². The quantitative estimate of drug-likeness (QED) is 0.553. The average Bonchev–Trinajstić information content (AvgIpc) is 3.16. The molecule has 2 aromatic carbocycles. The van der Waals surface area contributed by atoms with E-state index in [4.69, 9.17) is 17.0 Å². The molecular weight excluding hydrogens is 420 g/mol. The third kappa shape index (κ3) is 6.03. The zero-order chi connectivity index (χ0) is 19.2. The van der Waals surface area contributed by atoms with E-state index in [9.17, 15) is 0 Å². The highest BCUT2D eigenvalue weighted by Crippen LogP contribution is 2.20. The van der Waals surface area contributed by atoms with Crippen molar-refractivity contribution >= 4 is 38.9 Å². The van der Waals surface area contributed by atoms with E-state index in [1.807, 2.05) is 24.3 Å². The van der Waals surface area contributed by atoms with E-state index >= 15 is 0 Å². The first-order valence-electron chi connectivity index (χ1n) is 9.53. The van der Waals surface area contributed by atoms with E-state index in [1.54, 1.807) is 0 Å². The van der Waals surface area contributed by atoms with E-state index < -0.39 is 0 Å². The molecule has 1 atom stereocenters. The third-order valence-corrected chi connectivity index (χ3v) is 5.74. The first-order chi connectivity index (χ1) is 13.0. The highest BCUT2D eigenvalue weighted by atomic mass is 79.9. The predicted octanol–water partition coefficient (Wildman–Crippen LogP) is 5.95. The molecule has 3 nitrogen and oxygen atoms in total. The lowest BCUT2D eigenvalue weighted by Gasteiger charge is -2.28. The van der Waals surface area contributed by atoms with Gasteiger partial charge < -0.3 is 15.0 Å². The van der Waals surface area contributed by atoms with Crippen molar-refractivity contribution in [2.45, 2.75) is 45.3 Å². The van der Waals surface area contributed by atoms with E-state index in [-0.39, 0.29) is 6.10 Å². The van der Waals surface area contributed by atoms with Crippen LogP contribution in [-0.2, 0) is 11.3 Å². The zero-order valence-corrected chi connectivity index (χ0v) is 18.4. The maximum atomic E-state index is 5.85. The van der Waals surface area contributed by atoms with Gasteiger partial charge in [-0.25, -0.2) is 0 Å². The van der Waals surface area contributed by atoms with Crippen LogP contribution >= 0.6 is 28.1 Å². The number of nitrogens with one attached hydrogen (secondary N) is 1. The number of hydrogen-bond acceptors (Lipinski definition) is 2. The van der Waals surface area contributed by atoms with E-state index in [0.717, 1.165) is 47.8 Å². The molecule has 1 aliphatic rings. The number of ether oxygens (including phenoxy) is 1. The third-order valence-electron chi connectivity index (χ3n) is 4.85. The summed E-state index contributed by atoms with van der Waals surface area (Å²) < 4.78 is 6.91. The van der Waals surface area contributed by atoms with E-state index in [1.165, 1.54) is 11.1 Å². The standard InChI is InChI=1S/C22H27BrN2OS/c1-16(2)18-7-5-17(6-8-18)14-25(15-21-4-3-13-26-21)22(27)24-20-11-9-19(23)10-12-20/h5-12,16,21H,3-4,13-15H2,1-2H3,(H,24,27). The lowest BCUT2D eigenvalue weighted by atomic mass is 10.0. The molecule has 0 amide bonds. The van der Waals surface area contributed by atoms with Gasteiger partial charge in [-0.2, -0.15) is 0 Å². The normalized spacial score (nSPS) is 16.5. The van der Waals surface area contributed by atoms with Gasteiger partial charge in [0.05, 0.1) is 6.10 Å². The summed E-state index contributed by atoms with van der Waals surface area (Å²) in [6, 6.07) is 16.9. The van der Waals surface area contributed by atoms with Crippen molar-refractivity contribution in [1.29, 1.82) is 0 Å². The SMILES string of the molecule is CC(C)c1ccc(CN(CC2CCCO2)C(=S)Nc2ccc(Br)cc2)cc1. The first-order valence-corrected chi connectivity index (χ1v) is 10.7.